The molecule has 0 spiro atoms. The molecule has 0 saturated heterocycles. The Hall–Kier alpha value is -1.52. The number of rotatable bonds is 3. The fourth-order valence-corrected chi connectivity index (χ4v) is 1.54. The number of carbonyl (C=O) groups is 1. The third kappa shape index (κ3) is 2.99. The van der Waals surface area contributed by atoms with Gasteiger partial charge in [-0.2, -0.15) is 13.2 Å². The normalized spacial score (nSPS) is 11.4. The molecule has 0 radical (unpaired) electrons. The van der Waals surface area contributed by atoms with E-state index in [2.05, 4.69) is 0 Å². The molecule has 1 aromatic rings. The van der Waals surface area contributed by atoms with E-state index in [4.69, 9.17) is 4.74 Å². The molecule has 0 N–H and O–H groups in total. The van der Waals surface area contributed by atoms with Crippen molar-refractivity contribution in [3.05, 3.63) is 28.8 Å². The van der Waals surface area contributed by atoms with Gasteiger partial charge in [-0.3, -0.25) is 4.79 Å². The van der Waals surface area contributed by atoms with Crippen LogP contribution in [0.25, 0.3) is 0 Å². The average molecular weight is 246 g/mol. The number of Topliss-reactive ketones (excluding diaryl/α,β-unsaturated/α-hetero) is 1. The second-order valence-electron chi connectivity index (χ2n) is 3.65. The number of carbonyl (C=O) groups excluding carboxylic acids is 1. The van der Waals surface area contributed by atoms with Crippen LogP contribution >= 0.6 is 0 Å². The zero-order chi connectivity index (χ0) is 13.2. The molecule has 1 aromatic carbocycles. The number of alkyl halides is 3. The fourth-order valence-electron chi connectivity index (χ4n) is 1.54. The highest BCUT2D eigenvalue weighted by molar-refractivity contribution is 5.97. The summed E-state index contributed by atoms with van der Waals surface area (Å²) in [6.07, 6.45) is -4.44. The first kappa shape index (κ1) is 13.5. The largest absolute Gasteiger partial charge is 0.493 e. The molecule has 0 saturated carbocycles. The molecule has 0 unspecified atom stereocenters. The van der Waals surface area contributed by atoms with Crippen molar-refractivity contribution in [2.75, 3.05) is 6.61 Å². The standard InChI is InChI=1S/C12H13F3O2/c1-4-17-11-6-10(12(13,14)15)7(2)5-9(11)8(3)16/h5-6H,4H2,1-3H3. The van der Waals surface area contributed by atoms with Crippen LogP contribution in [0.15, 0.2) is 12.1 Å². The van der Waals surface area contributed by atoms with Gasteiger partial charge >= 0.3 is 6.18 Å². The lowest BCUT2D eigenvalue weighted by Crippen LogP contribution is -2.10. The van der Waals surface area contributed by atoms with Gasteiger partial charge in [0.05, 0.1) is 17.7 Å². The summed E-state index contributed by atoms with van der Waals surface area (Å²) in [6, 6.07) is 2.10. The molecule has 0 bridgehead atoms. The number of hydrogen-bond donors (Lipinski definition) is 0. The summed E-state index contributed by atoms with van der Waals surface area (Å²) >= 11 is 0. The zero-order valence-electron chi connectivity index (χ0n) is 9.81. The average Bonchev–Trinajstić information content (AvgIpc) is 2.18. The van der Waals surface area contributed by atoms with Gasteiger partial charge in [0, 0.05) is 0 Å². The van der Waals surface area contributed by atoms with Crippen LogP contribution in [0.1, 0.15) is 35.3 Å². The van der Waals surface area contributed by atoms with Crippen molar-refractivity contribution >= 4 is 5.78 Å². The van der Waals surface area contributed by atoms with Crippen molar-refractivity contribution in [1.29, 1.82) is 0 Å². The quantitative estimate of drug-likeness (QED) is 0.761. The molecule has 17 heavy (non-hydrogen) atoms. The number of hydrogen-bond acceptors (Lipinski definition) is 2. The topological polar surface area (TPSA) is 26.3 Å². The molecule has 0 amide bonds. The van der Waals surface area contributed by atoms with Crippen LogP contribution in [0.3, 0.4) is 0 Å². The molecule has 2 nitrogen and oxygen atoms in total. The van der Waals surface area contributed by atoms with E-state index < -0.39 is 11.7 Å². The van der Waals surface area contributed by atoms with Gasteiger partial charge in [0.15, 0.2) is 5.78 Å². The molecule has 0 aliphatic rings. The van der Waals surface area contributed by atoms with E-state index >= 15 is 0 Å². The lowest BCUT2D eigenvalue weighted by molar-refractivity contribution is -0.138. The second-order valence-corrected chi connectivity index (χ2v) is 3.65. The molecular weight excluding hydrogens is 233 g/mol. The van der Waals surface area contributed by atoms with Gasteiger partial charge in [-0.05, 0) is 38.5 Å². The minimum absolute atomic E-state index is 0.0158. The number of benzene rings is 1. The van der Waals surface area contributed by atoms with Gasteiger partial charge < -0.3 is 4.74 Å². The maximum atomic E-state index is 12.7. The van der Waals surface area contributed by atoms with Crippen LogP contribution in [0.4, 0.5) is 13.2 Å². The summed E-state index contributed by atoms with van der Waals surface area (Å²) in [4.78, 5) is 11.3. The third-order valence-electron chi connectivity index (χ3n) is 2.31. The Labute approximate surface area is 97.4 Å². The highest BCUT2D eigenvalue weighted by Gasteiger charge is 2.33. The predicted octanol–water partition coefficient (Wildman–Crippen LogP) is 3.62. The lowest BCUT2D eigenvalue weighted by Gasteiger charge is -2.15. The minimum Gasteiger partial charge on any atom is -0.493 e. The minimum atomic E-state index is -4.44. The van der Waals surface area contributed by atoms with Gasteiger partial charge in [0.25, 0.3) is 0 Å². The van der Waals surface area contributed by atoms with E-state index in [1.807, 2.05) is 0 Å². The molecule has 94 valence electrons. The van der Waals surface area contributed by atoms with Gasteiger partial charge in [-0.15, -0.1) is 0 Å². The predicted molar refractivity (Wildman–Crippen MR) is 57.4 cm³/mol. The van der Waals surface area contributed by atoms with E-state index in [1.54, 1.807) is 6.92 Å². The van der Waals surface area contributed by atoms with E-state index in [0.29, 0.717) is 0 Å². The van der Waals surface area contributed by atoms with E-state index in [9.17, 15) is 18.0 Å². The summed E-state index contributed by atoms with van der Waals surface area (Å²) in [7, 11) is 0. The fraction of sp³-hybridized carbons (Fsp3) is 0.417. The van der Waals surface area contributed by atoms with Crippen LogP contribution in [-0.4, -0.2) is 12.4 Å². The van der Waals surface area contributed by atoms with E-state index in [-0.39, 0.29) is 29.3 Å². The first-order chi connectivity index (χ1) is 7.77. The van der Waals surface area contributed by atoms with Crippen molar-refractivity contribution in [3.63, 3.8) is 0 Å². The number of halogens is 3. The second kappa shape index (κ2) is 4.77. The number of aryl methyl sites for hydroxylation is 1. The number of ether oxygens (including phenoxy) is 1. The van der Waals surface area contributed by atoms with Crippen LogP contribution < -0.4 is 4.74 Å². The van der Waals surface area contributed by atoms with Gasteiger partial charge in [-0.25, -0.2) is 0 Å². The molecule has 1 rings (SSSR count). The summed E-state index contributed by atoms with van der Waals surface area (Å²) in [5.74, 6) is -0.330. The Bertz CT molecular complexity index is 436. The maximum Gasteiger partial charge on any atom is 0.416 e. The summed E-state index contributed by atoms with van der Waals surface area (Å²) in [5, 5.41) is 0. The molecule has 0 aliphatic heterocycles. The summed E-state index contributed by atoms with van der Waals surface area (Å²) in [6.45, 7) is 4.48. The van der Waals surface area contributed by atoms with Gasteiger partial charge in [0.2, 0.25) is 0 Å². The molecule has 0 atom stereocenters. The summed E-state index contributed by atoms with van der Waals surface area (Å²) < 4.78 is 43.1. The van der Waals surface area contributed by atoms with Crippen molar-refractivity contribution in [1.82, 2.24) is 0 Å². The van der Waals surface area contributed by atoms with E-state index in [0.717, 1.165) is 6.07 Å². The Morgan fingerprint density at radius 1 is 1.35 bits per heavy atom. The highest BCUT2D eigenvalue weighted by Crippen LogP contribution is 2.36. The first-order valence-electron chi connectivity index (χ1n) is 5.13. The van der Waals surface area contributed by atoms with Crippen molar-refractivity contribution in [3.8, 4) is 5.75 Å². The zero-order valence-corrected chi connectivity index (χ0v) is 9.81. The molecule has 0 aliphatic carbocycles. The first-order valence-corrected chi connectivity index (χ1v) is 5.13. The molecule has 0 heterocycles. The SMILES string of the molecule is CCOc1cc(C(F)(F)F)c(C)cc1C(C)=O. The van der Waals surface area contributed by atoms with Gasteiger partial charge in [-0.1, -0.05) is 0 Å². The van der Waals surface area contributed by atoms with E-state index in [1.165, 1.54) is 19.9 Å². The van der Waals surface area contributed by atoms with Crippen LogP contribution in [0.2, 0.25) is 0 Å². The van der Waals surface area contributed by atoms with Crippen molar-refractivity contribution < 1.29 is 22.7 Å². The Kier molecular flexibility index (Phi) is 3.80. The Morgan fingerprint density at radius 3 is 2.35 bits per heavy atom. The Morgan fingerprint density at radius 2 is 1.94 bits per heavy atom. The molecule has 0 aromatic heterocycles. The van der Waals surface area contributed by atoms with Crippen molar-refractivity contribution in [2.24, 2.45) is 0 Å². The summed E-state index contributed by atoms with van der Waals surface area (Å²) in [5.41, 5.74) is -0.575. The highest BCUT2D eigenvalue weighted by atomic mass is 19.4. The smallest absolute Gasteiger partial charge is 0.416 e. The van der Waals surface area contributed by atoms with Crippen LogP contribution in [-0.2, 0) is 6.18 Å². The molecule has 0 fully saturated rings. The lowest BCUT2D eigenvalue weighted by atomic mass is 10.0. The molecular formula is C12H13F3O2. The third-order valence-corrected chi connectivity index (χ3v) is 2.31. The monoisotopic (exact) mass is 246 g/mol. The van der Waals surface area contributed by atoms with Crippen LogP contribution in [0.5, 0.6) is 5.75 Å². The van der Waals surface area contributed by atoms with Gasteiger partial charge in [0.1, 0.15) is 5.75 Å². The maximum absolute atomic E-state index is 12.7. The molecule has 5 heteroatoms. The Balaban J connectivity index is 3.40. The van der Waals surface area contributed by atoms with Crippen LogP contribution in [0, 0.1) is 6.92 Å². The van der Waals surface area contributed by atoms with Crippen molar-refractivity contribution in [2.45, 2.75) is 26.9 Å². The number of ketones is 1.